The molecule has 2 atom stereocenters. The summed E-state index contributed by atoms with van der Waals surface area (Å²) >= 11 is 0. The summed E-state index contributed by atoms with van der Waals surface area (Å²) < 4.78 is 0. The van der Waals surface area contributed by atoms with Crippen molar-refractivity contribution in [3.63, 3.8) is 0 Å². The maximum Gasteiger partial charge on any atom is 0.0292 e. The van der Waals surface area contributed by atoms with Crippen LogP contribution in [0.25, 0.3) is 0 Å². The molecule has 0 saturated carbocycles. The molecule has 0 aliphatic carbocycles. The summed E-state index contributed by atoms with van der Waals surface area (Å²) in [5.41, 5.74) is 2.71. The molecule has 0 bridgehead atoms. The first-order valence-electron chi connectivity index (χ1n) is 7.36. The Morgan fingerprint density at radius 1 is 1.16 bits per heavy atom. The van der Waals surface area contributed by atoms with Crippen LogP contribution in [0.15, 0.2) is 24.3 Å². The summed E-state index contributed by atoms with van der Waals surface area (Å²) in [7, 11) is 4.35. The minimum atomic E-state index is 0.412. The topological polar surface area (TPSA) is 15.3 Å². The number of hydrogen-bond acceptors (Lipinski definition) is 2. The Kier molecular flexibility index (Phi) is 6.53. The van der Waals surface area contributed by atoms with Crippen molar-refractivity contribution < 1.29 is 0 Å². The van der Waals surface area contributed by atoms with Crippen molar-refractivity contribution in [3.8, 4) is 0 Å². The molecule has 0 fully saturated rings. The van der Waals surface area contributed by atoms with Crippen LogP contribution in [-0.4, -0.2) is 31.6 Å². The molecular formula is C17H30N2. The van der Waals surface area contributed by atoms with Crippen molar-refractivity contribution in [1.82, 2.24) is 10.2 Å². The smallest absolute Gasteiger partial charge is 0.0292 e. The number of hydrogen-bond donors (Lipinski definition) is 1. The Bertz CT molecular complexity index is 371. The first-order chi connectivity index (χ1) is 8.90. The van der Waals surface area contributed by atoms with Crippen LogP contribution in [0.2, 0.25) is 0 Å². The van der Waals surface area contributed by atoms with Crippen LogP contribution < -0.4 is 5.32 Å². The van der Waals surface area contributed by atoms with Crippen molar-refractivity contribution in [2.45, 2.75) is 46.2 Å². The lowest BCUT2D eigenvalue weighted by Crippen LogP contribution is -2.39. The standard InChI is InChI=1S/C17H30N2/c1-13(2)10-17(19(5)6)12-18-15(4)16-9-7-8-14(3)11-16/h7-9,11,13,15,17-18H,10,12H2,1-6H3. The monoisotopic (exact) mass is 262 g/mol. The average Bonchev–Trinajstić information content (AvgIpc) is 2.33. The summed E-state index contributed by atoms with van der Waals surface area (Å²) in [6.45, 7) is 10.0. The number of likely N-dealkylation sites (N-methyl/N-ethyl adjacent to an activating group) is 1. The van der Waals surface area contributed by atoms with Crippen LogP contribution in [-0.2, 0) is 0 Å². The second-order valence-electron chi connectivity index (χ2n) is 6.29. The summed E-state index contributed by atoms with van der Waals surface area (Å²) in [6.07, 6.45) is 1.24. The molecule has 0 aliphatic rings. The highest BCUT2D eigenvalue weighted by Crippen LogP contribution is 2.15. The summed E-state index contributed by atoms with van der Waals surface area (Å²) in [6, 6.07) is 9.78. The molecule has 0 saturated heterocycles. The Labute approximate surface area is 119 Å². The fraction of sp³-hybridized carbons (Fsp3) is 0.647. The van der Waals surface area contributed by atoms with Crippen molar-refractivity contribution in [3.05, 3.63) is 35.4 Å². The van der Waals surface area contributed by atoms with Gasteiger partial charge in [-0.1, -0.05) is 43.7 Å². The van der Waals surface area contributed by atoms with Crippen molar-refractivity contribution in [2.75, 3.05) is 20.6 Å². The molecule has 0 heterocycles. The lowest BCUT2D eigenvalue weighted by Gasteiger charge is -2.28. The van der Waals surface area contributed by atoms with Gasteiger partial charge in [0.1, 0.15) is 0 Å². The second kappa shape index (κ2) is 7.66. The predicted octanol–water partition coefficient (Wildman–Crippen LogP) is 3.62. The summed E-state index contributed by atoms with van der Waals surface area (Å²) in [5, 5.41) is 3.67. The Morgan fingerprint density at radius 2 is 1.84 bits per heavy atom. The van der Waals surface area contributed by atoms with E-state index < -0.39 is 0 Å². The molecule has 0 radical (unpaired) electrons. The lowest BCUT2D eigenvalue weighted by molar-refractivity contribution is 0.242. The maximum atomic E-state index is 3.67. The second-order valence-corrected chi connectivity index (χ2v) is 6.29. The van der Waals surface area contributed by atoms with Crippen LogP contribution in [0.3, 0.4) is 0 Å². The number of rotatable bonds is 7. The number of benzene rings is 1. The average molecular weight is 262 g/mol. The van der Waals surface area contributed by atoms with E-state index in [1.165, 1.54) is 17.5 Å². The van der Waals surface area contributed by atoms with Crippen LogP contribution >= 0.6 is 0 Å². The van der Waals surface area contributed by atoms with E-state index in [9.17, 15) is 0 Å². The Balaban J connectivity index is 2.54. The highest BCUT2D eigenvalue weighted by atomic mass is 15.1. The fourth-order valence-corrected chi connectivity index (χ4v) is 2.39. The molecule has 1 aromatic carbocycles. The SMILES string of the molecule is Cc1cccc(C(C)NCC(CC(C)C)N(C)C)c1. The first kappa shape index (κ1) is 16.2. The molecule has 1 rings (SSSR count). The molecule has 2 heteroatoms. The number of nitrogens with one attached hydrogen (secondary N) is 1. The van der Waals surface area contributed by atoms with E-state index in [1.807, 2.05) is 0 Å². The largest absolute Gasteiger partial charge is 0.309 e. The minimum Gasteiger partial charge on any atom is -0.309 e. The van der Waals surface area contributed by atoms with Gasteiger partial charge in [0.15, 0.2) is 0 Å². The third-order valence-electron chi connectivity index (χ3n) is 3.68. The highest BCUT2D eigenvalue weighted by molar-refractivity contribution is 5.24. The summed E-state index contributed by atoms with van der Waals surface area (Å²) in [4.78, 5) is 2.33. The molecule has 2 unspecified atom stereocenters. The maximum absolute atomic E-state index is 3.67. The van der Waals surface area contributed by atoms with Crippen molar-refractivity contribution in [2.24, 2.45) is 5.92 Å². The van der Waals surface area contributed by atoms with Gasteiger partial charge in [-0.05, 0) is 45.8 Å². The molecule has 19 heavy (non-hydrogen) atoms. The molecule has 2 nitrogen and oxygen atoms in total. The van der Waals surface area contributed by atoms with E-state index >= 15 is 0 Å². The third kappa shape index (κ3) is 5.75. The zero-order chi connectivity index (χ0) is 14.4. The minimum absolute atomic E-state index is 0.412. The quantitative estimate of drug-likeness (QED) is 0.807. The van der Waals surface area contributed by atoms with Gasteiger partial charge in [0.25, 0.3) is 0 Å². The van der Waals surface area contributed by atoms with E-state index in [-0.39, 0.29) is 0 Å². The molecular weight excluding hydrogens is 232 g/mol. The number of nitrogens with zero attached hydrogens (tertiary/aromatic N) is 1. The highest BCUT2D eigenvalue weighted by Gasteiger charge is 2.14. The molecule has 0 aromatic heterocycles. The van der Waals surface area contributed by atoms with Gasteiger partial charge in [-0.2, -0.15) is 0 Å². The van der Waals surface area contributed by atoms with E-state index in [0.717, 1.165) is 12.5 Å². The van der Waals surface area contributed by atoms with Gasteiger partial charge in [-0.3, -0.25) is 0 Å². The van der Waals surface area contributed by atoms with Gasteiger partial charge in [0, 0.05) is 18.6 Å². The van der Waals surface area contributed by atoms with E-state index in [2.05, 4.69) is 76.3 Å². The molecule has 0 spiro atoms. The van der Waals surface area contributed by atoms with Gasteiger partial charge < -0.3 is 10.2 Å². The molecule has 1 aromatic rings. The number of aryl methyl sites for hydroxylation is 1. The molecule has 0 amide bonds. The van der Waals surface area contributed by atoms with Gasteiger partial charge in [0.2, 0.25) is 0 Å². The van der Waals surface area contributed by atoms with Gasteiger partial charge in [-0.25, -0.2) is 0 Å². The fourth-order valence-electron chi connectivity index (χ4n) is 2.39. The van der Waals surface area contributed by atoms with Gasteiger partial charge in [0.05, 0.1) is 0 Å². The molecule has 1 N–H and O–H groups in total. The van der Waals surface area contributed by atoms with Gasteiger partial charge >= 0.3 is 0 Å². The van der Waals surface area contributed by atoms with Crippen LogP contribution in [0.4, 0.5) is 0 Å². The Hall–Kier alpha value is -0.860. The molecule has 0 aliphatic heterocycles. The Morgan fingerprint density at radius 3 is 2.37 bits per heavy atom. The predicted molar refractivity (Wildman–Crippen MR) is 84.5 cm³/mol. The zero-order valence-corrected chi connectivity index (χ0v) is 13.4. The van der Waals surface area contributed by atoms with Crippen molar-refractivity contribution >= 4 is 0 Å². The summed E-state index contributed by atoms with van der Waals surface area (Å²) in [5.74, 6) is 0.739. The van der Waals surface area contributed by atoms with E-state index in [0.29, 0.717) is 12.1 Å². The van der Waals surface area contributed by atoms with Gasteiger partial charge in [-0.15, -0.1) is 0 Å². The van der Waals surface area contributed by atoms with E-state index in [1.54, 1.807) is 0 Å². The van der Waals surface area contributed by atoms with E-state index in [4.69, 9.17) is 0 Å². The van der Waals surface area contributed by atoms with Crippen LogP contribution in [0.1, 0.15) is 44.4 Å². The van der Waals surface area contributed by atoms with Crippen LogP contribution in [0, 0.1) is 12.8 Å². The van der Waals surface area contributed by atoms with Crippen molar-refractivity contribution in [1.29, 1.82) is 0 Å². The zero-order valence-electron chi connectivity index (χ0n) is 13.4. The van der Waals surface area contributed by atoms with Crippen LogP contribution in [0.5, 0.6) is 0 Å². The lowest BCUT2D eigenvalue weighted by atomic mass is 10.0. The third-order valence-corrected chi connectivity index (χ3v) is 3.68. The first-order valence-corrected chi connectivity index (χ1v) is 7.36. The molecule has 108 valence electrons. The normalized spacial score (nSPS) is 14.9.